The van der Waals surface area contributed by atoms with Gasteiger partial charge in [0.1, 0.15) is 0 Å². The summed E-state index contributed by atoms with van der Waals surface area (Å²) in [6.45, 7) is 11.7. The molecule has 1 heterocycles. The molecule has 0 bridgehead atoms. The molecule has 0 saturated heterocycles. The molecule has 3 rings (SSSR count). The summed E-state index contributed by atoms with van der Waals surface area (Å²) in [5.74, 6) is 0.675. The highest BCUT2D eigenvalue weighted by molar-refractivity contribution is 5.57. The Balaban J connectivity index is 1.53. The molecule has 1 aromatic carbocycles. The van der Waals surface area contributed by atoms with E-state index in [2.05, 4.69) is 62.6 Å². The maximum absolute atomic E-state index is 3.77. The Hall–Kier alpha value is -1.02. The van der Waals surface area contributed by atoms with Crippen LogP contribution >= 0.6 is 0 Å². The molecule has 1 fully saturated rings. The topological polar surface area (TPSA) is 24.1 Å². The van der Waals surface area contributed by atoms with Crippen molar-refractivity contribution in [2.24, 2.45) is 10.8 Å². The zero-order chi connectivity index (χ0) is 13.7. The van der Waals surface area contributed by atoms with E-state index < -0.39 is 0 Å². The Labute approximate surface area is 117 Å². The molecule has 1 aliphatic carbocycles. The Morgan fingerprint density at radius 2 is 1.84 bits per heavy atom. The van der Waals surface area contributed by atoms with Crippen LogP contribution in [0, 0.1) is 10.8 Å². The zero-order valence-corrected chi connectivity index (χ0v) is 12.6. The molecule has 104 valence electrons. The number of fused-ring (bicyclic) bond motifs is 1. The highest BCUT2D eigenvalue weighted by Crippen LogP contribution is 2.62. The number of nitrogens with one attached hydrogen (secondary N) is 2. The molecule has 0 aromatic heterocycles. The highest BCUT2D eigenvalue weighted by atomic mass is 15.0. The Kier molecular flexibility index (Phi) is 2.90. The van der Waals surface area contributed by atoms with Crippen LogP contribution < -0.4 is 10.6 Å². The monoisotopic (exact) mass is 258 g/mol. The fourth-order valence-corrected chi connectivity index (χ4v) is 3.72. The molecule has 0 radical (unpaired) electrons. The summed E-state index contributed by atoms with van der Waals surface area (Å²) in [7, 11) is 0. The van der Waals surface area contributed by atoms with Gasteiger partial charge in [0.05, 0.1) is 0 Å². The van der Waals surface area contributed by atoms with Gasteiger partial charge in [0.25, 0.3) is 0 Å². The van der Waals surface area contributed by atoms with Gasteiger partial charge in [0.2, 0.25) is 0 Å². The van der Waals surface area contributed by atoms with Crippen molar-refractivity contribution in [1.82, 2.24) is 5.32 Å². The third-order valence-corrected chi connectivity index (χ3v) is 5.80. The molecule has 1 unspecified atom stereocenters. The van der Waals surface area contributed by atoms with Crippen LogP contribution in [0.1, 0.15) is 45.6 Å². The van der Waals surface area contributed by atoms with Crippen molar-refractivity contribution in [3.63, 3.8) is 0 Å². The lowest BCUT2D eigenvalue weighted by molar-refractivity contribution is 0.457. The van der Waals surface area contributed by atoms with E-state index in [1.807, 2.05) is 0 Å². The van der Waals surface area contributed by atoms with Gasteiger partial charge < -0.3 is 10.6 Å². The van der Waals surface area contributed by atoms with Crippen molar-refractivity contribution in [3.8, 4) is 0 Å². The average molecular weight is 258 g/mol. The summed E-state index contributed by atoms with van der Waals surface area (Å²) in [6.07, 6.45) is 1.23. The van der Waals surface area contributed by atoms with Crippen LogP contribution in [-0.4, -0.2) is 19.1 Å². The Morgan fingerprint density at radius 1 is 1.16 bits per heavy atom. The standard InChI is InChI=1S/C17H26N2/c1-16(2)15(17(16,3)4)18-10-9-12-11-19-14-8-6-5-7-13(12)14/h5-8,12,15,18-19H,9-11H2,1-4H3. The summed E-state index contributed by atoms with van der Waals surface area (Å²) < 4.78 is 0. The number of hydrogen-bond acceptors (Lipinski definition) is 2. The number of anilines is 1. The second-order valence-corrected chi connectivity index (χ2v) is 7.28. The minimum absolute atomic E-state index is 0.443. The van der Waals surface area contributed by atoms with Crippen LogP contribution in [0.2, 0.25) is 0 Å². The van der Waals surface area contributed by atoms with Crippen LogP contribution in [0.15, 0.2) is 24.3 Å². The van der Waals surface area contributed by atoms with E-state index >= 15 is 0 Å². The smallest absolute Gasteiger partial charge is 0.0376 e. The predicted octanol–water partition coefficient (Wildman–Crippen LogP) is 3.61. The number of para-hydroxylation sites is 1. The van der Waals surface area contributed by atoms with Crippen molar-refractivity contribution < 1.29 is 0 Å². The van der Waals surface area contributed by atoms with Gasteiger partial charge in [0, 0.05) is 24.2 Å². The van der Waals surface area contributed by atoms with E-state index in [0.717, 1.165) is 13.1 Å². The number of benzene rings is 1. The number of rotatable bonds is 4. The lowest BCUT2D eigenvalue weighted by Gasteiger charge is -2.12. The SMILES string of the molecule is CC1(C)C(NCCC2CNc3ccccc32)C1(C)C. The largest absolute Gasteiger partial charge is 0.384 e. The van der Waals surface area contributed by atoms with E-state index in [1.165, 1.54) is 17.7 Å². The molecule has 2 nitrogen and oxygen atoms in total. The fourth-order valence-electron chi connectivity index (χ4n) is 3.72. The molecular formula is C17H26N2. The lowest BCUT2D eigenvalue weighted by atomic mass is 9.98. The van der Waals surface area contributed by atoms with Crippen molar-refractivity contribution in [3.05, 3.63) is 29.8 Å². The van der Waals surface area contributed by atoms with Gasteiger partial charge in [-0.1, -0.05) is 45.9 Å². The summed E-state index contributed by atoms with van der Waals surface area (Å²) in [4.78, 5) is 0. The number of hydrogen-bond donors (Lipinski definition) is 2. The first-order valence-electron chi connectivity index (χ1n) is 7.51. The summed E-state index contributed by atoms with van der Waals surface area (Å²) in [5.41, 5.74) is 3.72. The van der Waals surface area contributed by atoms with E-state index in [4.69, 9.17) is 0 Å². The van der Waals surface area contributed by atoms with Crippen molar-refractivity contribution >= 4 is 5.69 Å². The van der Waals surface area contributed by atoms with Gasteiger partial charge in [0.15, 0.2) is 0 Å². The van der Waals surface area contributed by atoms with Gasteiger partial charge in [-0.2, -0.15) is 0 Å². The van der Waals surface area contributed by atoms with Crippen molar-refractivity contribution in [2.45, 2.75) is 46.1 Å². The van der Waals surface area contributed by atoms with Gasteiger partial charge in [-0.15, -0.1) is 0 Å². The van der Waals surface area contributed by atoms with Crippen LogP contribution in [-0.2, 0) is 0 Å². The van der Waals surface area contributed by atoms with Gasteiger partial charge in [-0.25, -0.2) is 0 Å². The predicted molar refractivity (Wildman–Crippen MR) is 81.6 cm³/mol. The lowest BCUT2D eigenvalue weighted by Crippen LogP contribution is -2.25. The third kappa shape index (κ3) is 1.97. The third-order valence-electron chi connectivity index (χ3n) is 5.80. The second-order valence-electron chi connectivity index (χ2n) is 7.28. The molecule has 2 N–H and O–H groups in total. The fraction of sp³-hybridized carbons (Fsp3) is 0.647. The first-order chi connectivity index (χ1) is 8.94. The zero-order valence-electron chi connectivity index (χ0n) is 12.6. The van der Waals surface area contributed by atoms with E-state index in [0.29, 0.717) is 22.8 Å². The normalized spacial score (nSPS) is 26.8. The maximum Gasteiger partial charge on any atom is 0.0376 e. The first-order valence-corrected chi connectivity index (χ1v) is 7.51. The molecule has 1 aliphatic heterocycles. The Morgan fingerprint density at radius 3 is 2.53 bits per heavy atom. The molecule has 2 aliphatic rings. The molecule has 19 heavy (non-hydrogen) atoms. The summed E-state index contributed by atoms with van der Waals surface area (Å²) in [6, 6.07) is 9.40. The van der Waals surface area contributed by atoms with E-state index in [-0.39, 0.29) is 0 Å². The second kappa shape index (κ2) is 4.24. The molecule has 2 heteroatoms. The maximum atomic E-state index is 3.77. The van der Waals surface area contributed by atoms with Crippen LogP contribution in [0.3, 0.4) is 0 Å². The molecule has 1 atom stereocenters. The van der Waals surface area contributed by atoms with Crippen LogP contribution in [0.5, 0.6) is 0 Å². The average Bonchev–Trinajstić information content (AvgIpc) is 2.68. The first kappa shape index (κ1) is 13.0. The van der Waals surface area contributed by atoms with Crippen molar-refractivity contribution in [2.75, 3.05) is 18.4 Å². The van der Waals surface area contributed by atoms with Gasteiger partial charge >= 0.3 is 0 Å². The Bertz CT molecular complexity index is 462. The van der Waals surface area contributed by atoms with Crippen LogP contribution in [0.4, 0.5) is 5.69 Å². The molecule has 1 saturated carbocycles. The van der Waals surface area contributed by atoms with E-state index in [9.17, 15) is 0 Å². The molecule has 1 aromatic rings. The van der Waals surface area contributed by atoms with Crippen molar-refractivity contribution in [1.29, 1.82) is 0 Å². The summed E-state index contributed by atoms with van der Waals surface area (Å²) in [5, 5.41) is 7.28. The minimum atomic E-state index is 0.443. The van der Waals surface area contributed by atoms with Gasteiger partial charge in [-0.05, 0) is 35.4 Å². The van der Waals surface area contributed by atoms with Crippen LogP contribution in [0.25, 0.3) is 0 Å². The quantitative estimate of drug-likeness (QED) is 0.862. The molecule has 0 spiro atoms. The minimum Gasteiger partial charge on any atom is -0.384 e. The highest BCUT2D eigenvalue weighted by Gasteiger charge is 2.64. The molecular weight excluding hydrogens is 232 g/mol. The molecule has 0 amide bonds. The van der Waals surface area contributed by atoms with E-state index in [1.54, 1.807) is 0 Å². The van der Waals surface area contributed by atoms with Gasteiger partial charge in [-0.3, -0.25) is 0 Å². The summed E-state index contributed by atoms with van der Waals surface area (Å²) >= 11 is 0.